The molecule has 0 bridgehead atoms. The zero-order valence-corrected chi connectivity index (χ0v) is 38.2. The first-order valence-corrected chi connectivity index (χ1v) is 23.4. The van der Waals surface area contributed by atoms with Crippen LogP contribution >= 0.6 is 0 Å². The Kier molecular flexibility index (Phi) is 6.80. The van der Waals surface area contributed by atoms with Crippen molar-refractivity contribution >= 4 is 82.6 Å². The number of benzene rings is 6. The molecule has 0 N–H and O–H groups in total. The number of pyridine rings is 3. The maximum absolute atomic E-state index is 5.16. The summed E-state index contributed by atoms with van der Waals surface area (Å²) < 4.78 is 7.38. The van der Waals surface area contributed by atoms with Gasteiger partial charge in [-0.15, -0.1) is 0 Å². The second-order valence-corrected chi connectivity index (χ2v) is 20.6. The lowest BCUT2D eigenvalue weighted by molar-refractivity contribution is 0.627. The monoisotopic (exact) mass is 863 g/mol. The van der Waals surface area contributed by atoms with Gasteiger partial charge in [0.05, 0.1) is 55.7 Å². The van der Waals surface area contributed by atoms with Crippen LogP contribution in [0.1, 0.15) is 74.9 Å². The Morgan fingerprint density at radius 3 is 1.25 bits per heavy atom. The quantitative estimate of drug-likeness (QED) is 0.178. The van der Waals surface area contributed by atoms with Gasteiger partial charge in [0, 0.05) is 102 Å². The third-order valence-electron chi connectivity index (χ3n) is 16.2. The average molecular weight is 864 g/mol. The van der Waals surface area contributed by atoms with Crippen LogP contribution in [0.15, 0.2) is 164 Å². The highest BCUT2D eigenvalue weighted by Crippen LogP contribution is 2.52. The van der Waals surface area contributed by atoms with Gasteiger partial charge in [0.1, 0.15) is 0 Å². The second-order valence-electron chi connectivity index (χ2n) is 20.6. The SMILES string of the molecule is CC1(C)c2ccccc2-n2c3ccc(N(c4ccc5c(c4)c4cncc6c4n5-c4ccccc4C6(C)C)c4ccc5c(c4)c4nccc6c4n5-c4ccccc4C6(C)C)cc3c3cncc1c32. The largest absolute Gasteiger partial charge is 0.310 e. The minimum atomic E-state index is -0.206. The van der Waals surface area contributed by atoms with Crippen LogP contribution < -0.4 is 4.90 Å². The molecular formula is C60H45N7. The zero-order chi connectivity index (χ0) is 44.9. The van der Waals surface area contributed by atoms with Crippen molar-refractivity contribution < 1.29 is 0 Å². The van der Waals surface area contributed by atoms with Gasteiger partial charge in [-0.05, 0) is 101 Å². The van der Waals surface area contributed by atoms with Gasteiger partial charge in [-0.25, -0.2) is 0 Å². The fourth-order valence-electron chi connectivity index (χ4n) is 12.9. The standard InChI is InChI=1S/C60H45N7/c1-58(2)42-13-7-12-18-53(42)67-50-24-21-36(29-39(50)54-57(67)45(58)25-26-63-54)64(34-19-22-48-37(27-34)40-30-61-32-46-55(40)65(48)51-16-10-8-14-43(51)59(46,3)4)35-20-23-49-38(28-35)41-31-62-33-47-56(41)66(49)52-17-11-9-15-44(52)60(47,5)6/h7-33H,1-6H3. The molecule has 0 aliphatic carbocycles. The van der Waals surface area contributed by atoms with E-state index in [-0.39, 0.29) is 16.2 Å². The molecule has 7 nitrogen and oxygen atoms in total. The molecule has 3 aliphatic rings. The van der Waals surface area contributed by atoms with Crippen molar-refractivity contribution in [2.45, 2.75) is 57.8 Å². The van der Waals surface area contributed by atoms with Crippen LogP contribution in [0, 0.1) is 0 Å². The van der Waals surface area contributed by atoms with Gasteiger partial charge in [0.2, 0.25) is 0 Å². The maximum atomic E-state index is 5.16. The minimum Gasteiger partial charge on any atom is -0.310 e. The number of fused-ring (bicyclic) bond motifs is 15. The Balaban J connectivity index is 1.02. The number of para-hydroxylation sites is 3. The first-order chi connectivity index (χ1) is 32.5. The molecule has 12 aromatic rings. The number of nitrogens with zero attached hydrogens (tertiary/aromatic N) is 7. The van der Waals surface area contributed by atoms with Crippen LogP contribution in [0.25, 0.3) is 82.6 Å². The summed E-state index contributed by atoms with van der Waals surface area (Å²) in [6.45, 7) is 14.0. The molecule has 0 saturated heterocycles. The van der Waals surface area contributed by atoms with E-state index < -0.39 is 0 Å². The van der Waals surface area contributed by atoms with Gasteiger partial charge < -0.3 is 18.6 Å². The Hall–Kier alpha value is -8.03. The van der Waals surface area contributed by atoms with Gasteiger partial charge in [0.25, 0.3) is 0 Å². The predicted octanol–water partition coefficient (Wildman–Crippen LogP) is 14.6. The van der Waals surface area contributed by atoms with Gasteiger partial charge in [-0.2, -0.15) is 0 Å². The van der Waals surface area contributed by atoms with E-state index in [0.29, 0.717) is 0 Å². The molecule has 320 valence electrons. The molecule has 67 heavy (non-hydrogen) atoms. The first-order valence-electron chi connectivity index (χ1n) is 23.4. The van der Waals surface area contributed by atoms with Crippen molar-refractivity contribution in [1.29, 1.82) is 0 Å². The molecular weight excluding hydrogens is 819 g/mol. The van der Waals surface area contributed by atoms with Gasteiger partial charge in [0.15, 0.2) is 0 Å². The molecule has 0 fully saturated rings. The lowest BCUT2D eigenvalue weighted by Crippen LogP contribution is -2.26. The number of anilines is 3. The molecule has 0 atom stereocenters. The lowest BCUT2D eigenvalue weighted by Gasteiger charge is -2.34. The Morgan fingerprint density at radius 1 is 0.373 bits per heavy atom. The summed E-state index contributed by atoms with van der Waals surface area (Å²) in [6.07, 6.45) is 10.3. The number of rotatable bonds is 3. The summed E-state index contributed by atoms with van der Waals surface area (Å²) in [6, 6.07) is 49.8. The second kappa shape index (κ2) is 12.2. The third-order valence-corrected chi connectivity index (χ3v) is 16.2. The molecule has 0 radical (unpaired) electrons. The average Bonchev–Trinajstić information content (AvgIpc) is 3.98. The molecule has 0 unspecified atom stereocenters. The molecule has 0 saturated carbocycles. The van der Waals surface area contributed by atoms with E-state index in [1.807, 2.05) is 6.20 Å². The summed E-state index contributed by atoms with van der Waals surface area (Å²) in [4.78, 5) is 17.4. The van der Waals surface area contributed by atoms with Crippen LogP contribution in [0.4, 0.5) is 17.1 Å². The van der Waals surface area contributed by atoms with E-state index in [1.54, 1.807) is 0 Å². The molecule has 6 aromatic carbocycles. The molecule has 9 heterocycles. The number of hydrogen-bond acceptors (Lipinski definition) is 4. The highest BCUT2D eigenvalue weighted by Gasteiger charge is 2.39. The number of hydrogen-bond donors (Lipinski definition) is 0. The first kappa shape index (κ1) is 37.2. The fraction of sp³-hybridized carbons (Fsp3) is 0.150. The summed E-state index contributed by atoms with van der Waals surface area (Å²) in [5, 5.41) is 5.78. The summed E-state index contributed by atoms with van der Waals surface area (Å²) in [7, 11) is 0. The molecule has 6 aromatic heterocycles. The van der Waals surface area contributed by atoms with Crippen LogP contribution in [-0.2, 0) is 16.2 Å². The van der Waals surface area contributed by atoms with Crippen LogP contribution in [-0.4, -0.2) is 28.7 Å². The summed E-state index contributed by atoms with van der Waals surface area (Å²) in [5.74, 6) is 0. The normalized spacial score (nSPS) is 15.7. The topological polar surface area (TPSA) is 56.7 Å². The van der Waals surface area contributed by atoms with Crippen LogP contribution in [0.3, 0.4) is 0 Å². The van der Waals surface area contributed by atoms with Gasteiger partial charge in [-0.3, -0.25) is 15.0 Å². The zero-order valence-electron chi connectivity index (χ0n) is 38.2. The van der Waals surface area contributed by atoms with E-state index in [1.165, 1.54) is 88.8 Å². The molecule has 15 rings (SSSR count). The predicted molar refractivity (Wildman–Crippen MR) is 274 cm³/mol. The smallest absolute Gasteiger partial charge is 0.0967 e. The Labute approximate surface area is 387 Å². The number of aromatic nitrogens is 6. The summed E-state index contributed by atoms with van der Waals surface area (Å²) in [5.41, 5.74) is 22.1. The van der Waals surface area contributed by atoms with E-state index in [0.717, 1.165) is 44.3 Å². The molecule has 3 aliphatic heterocycles. The van der Waals surface area contributed by atoms with Crippen molar-refractivity contribution in [1.82, 2.24) is 28.7 Å². The molecule has 7 heteroatoms. The van der Waals surface area contributed by atoms with Crippen LogP contribution in [0.5, 0.6) is 0 Å². The van der Waals surface area contributed by atoms with Crippen molar-refractivity contribution in [3.05, 3.63) is 198 Å². The van der Waals surface area contributed by atoms with Crippen molar-refractivity contribution in [2.75, 3.05) is 4.90 Å². The Bertz CT molecular complexity index is 3780. The van der Waals surface area contributed by atoms with E-state index >= 15 is 0 Å². The van der Waals surface area contributed by atoms with Gasteiger partial charge >= 0.3 is 0 Å². The van der Waals surface area contributed by atoms with Crippen molar-refractivity contribution in [3.63, 3.8) is 0 Å². The van der Waals surface area contributed by atoms with Crippen molar-refractivity contribution in [3.8, 4) is 17.1 Å². The maximum Gasteiger partial charge on any atom is 0.0967 e. The Morgan fingerprint density at radius 2 is 0.776 bits per heavy atom. The third kappa shape index (κ3) is 4.45. The van der Waals surface area contributed by atoms with Gasteiger partial charge in [-0.1, -0.05) is 96.1 Å². The summed E-state index contributed by atoms with van der Waals surface area (Å²) >= 11 is 0. The molecule has 0 amide bonds. The highest BCUT2D eigenvalue weighted by molar-refractivity contribution is 6.15. The molecule has 0 spiro atoms. The van der Waals surface area contributed by atoms with E-state index in [2.05, 4.69) is 218 Å². The minimum absolute atomic E-state index is 0.183. The van der Waals surface area contributed by atoms with E-state index in [4.69, 9.17) is 15.0 Å². The highest BCUT2D eigenvalue weighted by atomic mass is 15.1. The van der Waals surface area contributed by atoms with Crippen LogP contribution in [0.2, 0.25) is 0 Å². The van der Waals surface area contributed by atoms with Crippen molar-refractivity contribution in [2.24, 2.45) is 0 Å². The fourth-order valence-corrected chi connectivity index (χ4v) is 12.9. The van der Waals surface area contributed by atoms with E-state index in [9.17, 15) is 0 Å². The lowest BCUT2D eigenvalue weighted by atomic mass is 9.75.